The highest BCUT2D eigenvalue weighted by molar-refractivity contribution is 9.10. The second-order valence-electron chi connectivity index (χ2n) is 32.6. The van der Waals surface area contributed by atoms with Crippen molar-refractivity contribution in [1.29, 1.82) is 0 Å². The molecule has 2 aliphatic rings. The molecule has 0 atom stereocenters. The van der Waals surface area contributed by atoms with E-state index >= 15 is 0 Å². The lowest BCUT2D eigenvalue weighted by Crippen LogP contribution is -2.41. The highest BCUT2D eigenvalue weighted by Crippen LogP contribution is 2.44. The van der Waals surface area contributed by atoms with Crippen molar-refractivity contribution in [3.8, 4) is 56.0 Å². The predicted molar refractivity (Wildman–Crippen MR) is 505 cm³/mol. The monoisotopic (exact) mass is 1630 g/mol. The molecule has 21 aromatic rings. The molecule has 2 aliphatic heterocycles. The van der Waals surface area contributed by atoms with Crippen LogP contribution in [0.4, 0.5) is 0 Å². The van der Waals surface area contributed by atoms with E-state index in [1.165, 1.54) is 32.3 Å². The number of hydrogen-bond acceptors (Lipinski definition) is 12. The predicted octanol–water partition coefficient (Wildman–Crippen LogP) is 27.2. The summed E-state index contributed by atoms with van der Waals surface area (Å²) in [5.41, 5.74) is 19.4. The Morgan fingerprint density at radius 1 is 0.233 bits per heavy atom. The van der Waals surface area contributed by atoms with Crippen molar-refractivity contribution in [2.24, 2.45) is 0 Å². The van der Waals surface area contributed by atoms with Gasteiger partial charge < -0.3 is 27.5 Å². The van der Waals surface area contributed by atoms with Crippen LogP contribution < -0.4 is 10.9 Å². The molecule has 12 nitrogen and oxygen atoms in total. The third-order valence-electron chi connectivity index (χ3n) is 24.4. The lowest BCUT2D eigenvalue weighted by atomic mass is 9.77. The smallest absolute Gasteiger partial charge is 0.456 e. The Hall–Kier alpha value is -12.9. The van der Waals surface area contributed by atoms with Crippen molar-refractivity contribution in [2.45, 2.75) is 100 Å². The molecule has 0 amide bonds. The van der Waals surface area contributed by atoms with E-state index in [9.17, 15) is 0 Å². The van der Waals surface area contributed by atoms with E-state index in [1.807, 2.05) is 55.0 Å². The van der Waals surface area contributed by atoms with E-state index in [2.05, 4.69) is 326 Å². The zero-order chi connectivity index (χ0) is 79.2. The minimum absolute atomic E-state index is 0. The average Bonchev–Trinajstić information content (AvgIpc) is 1.38. The quantitative estimate of drug-likeness (QED) is 0.111. The second kappa shape index (κ2) is 30.2. The average molecular weight is 1630 g/mol. The van der Waals surface area contributed by atoms with E-state index in [4.69, 9.17) is 57.4 Å². The van der Waals surface area contributed by atoms with Gasteiger partial charge in [-0.3, -0.25) is 15.0 Å². The minimum Gasteiger partial charge on any atom is -0.456 e. The molecule has 0 radical (unpaired) electrons. The van der Waals surface area contributed by atoms with E-state index in [-0.39, 0.29) is 44.7 Å². The number of benzene rings is 16. The van der Waals surface area contributed by atoms with Gasteiger partial charge in [-0.1, -0.05) is 269 Å². The first kappa shape index (κ1) is 78.3. The number of aromatic nitrogens is 6. The van der Waals surface area contributed by atoms with Gasteiger partial charge in [0.25, 0.3) is 0 Å². The Bertz CT molecular complexity index is 7210. The van der Waals surface area contributed by atoms with Gasteiger partial charge in [-0.05, 0) is 182 Å². The summed E-state index contributed by atoms with van der Waals surface area (Å²) >= 11 is 3.53. The van der Waals surface area contributed by atoms with Crippen molar-refractivity contribution in [3.05, 3.63) is 314 Å². The first-order valence-corrected chi connectivity index (χ1v) is 40.4. The molecule has 7 heterocycles. The molecular formula is C105H87B2BrN6O6. The Kier molecular flexibility index (Phi) is 19.7. The maximum atomic E-state index is 6.40. The lowest BCUT2D eigenvalue weighted by molar-refractivity contribution is 0.00578. The summed E-state index contributed by atoms with van der Waals surface area (Å²) < 4.78 is 38.5. The summed E-state index contributed by atoms with van der Waals surface area (Å²) in [6.45, 7) is 16.5. The van der Waals surface area contributed by atoms with Crippen molar-refractivity contribution < 1.29 is 27.5 Å². The lowest BCUT2D eigenvalue weighted by Gasteiger charge is -2.32. The van der Waals surface area contributed by atoms with Gasteiger partial charge in [0.2, 0.25) is 0 Å². The zero-order valence-corrected chi connectivity index (χ0v) is 67.2. The van der Waals surface area contributed by atoms with Crippen molar-refractivity contribution in [1.82, 2.24) is 29.9 Å². The number of rotatable bonds is 7. The van der Waals surface area contributed by atoms with Crippen LogP contribution in [0.2, 0.25) is 0 Å². The van der Waals surface area contributed by atoms with Crippen LogP contribution in [0.15, 0.2) is 323 Å². The van der Waals surface area contributed by atoms with E-state index in [0.29, 0.717) is 0 Å². The van der Waals surface area contributed by atoms with Crippen LogP contribution in [0.25, 0.3) is 198 Å². The first-order valence-electron chi connectivity index (χ1n) is 39.6. The number of nitrogens with zero attached hydrogens (tertiary/aromatic N) is 6. The number of fused-ring (bicyclic) bond motifs is 24. The summed E-state index contributed by atoms with van der Waals surface area (Å²) in [6.07, 6.45) is 5.68. The highest BCUT2D eigenvalue weighted by atomic mass is 79.9. The summed E-state index contributed by atoms with van der Waals surface area (Å²) in [4.78, 5) is 30.3. The van der Waals surface area contributed by atoms with Crippen LogP contribution in [0.3, 0.4) is 0 Å². The van der Waals surface area contributed by atoms with Gasteiger partial charge in [0.1, 0.15) is 22.3 Å². The summed E-state index contributed by atoms with van der Waals surface area (Å²) in [6, 6.07) is 101. The van der Waals surface area contributed by atoms with Gasteiger partial charge in [-0.2, -0.15) is 0 Å². The molecule has 0 spiro atoms. The van der Waals surface area contributed by atoms with Crippen LogP contribution in [-0.4, -0.2) is 66.5 Å². The third-order valence-corrected chi connectivity index (χ3v) is 24.9. The van der Waals surface area contributed by atoms with Gasteiger partial charge in [-0.15, -0.1) is 0 Å². The van der Waals surface area contributed by atoms with Gasteiger partial charge in [-0.25, -0.2) is 15.0 Å². The molecule has 0 aliphatic carbocycles. The maximum absolute atomic E-state index is 6.40. The highest BCUT2D eigenvalue weighted by Gasteiger charge is 2.53. The van der Waals surface area contributed by atoms with E-state index in [0.717, 1.165) is 181 Å². The van der Waals surface area contributed by atoms with Gasteiger partial charge >= 0.3 is 14.2 Å². The fourth-order valence-corrected chi connectivity index (χ4v) is 17.2. The Morgan fingerprint density at radius 2 is 0.483 bits per heavy atom. The maximum Gasteiger partial charge on any atom is 0.494 e. The second-order valence-corrected chi connectivity index (χ2v) is 33.5. The summed E-state index contributed by atoms with van der Waals surface area (Å²) in [5, 5.41) is 18.1. The van der Waals surface area contributed by atoms with Crippen LogP contribution in [0, 0.1) is 0 Å². The van der Waals surface area contributed by atoms with Crippen molar-refractivity contribution >= 4 is 183 Å². The van der Waals surface area contributed by atoms with Crippen LogP contribution in [0.1, 0.15) is 77.7 Å². The molecule has 0 saturated carbocycles. The van der Waals surface area contributed by atoms with Crippen LogP contribution in [0.5, 0.6) is 0 Å². The summed E-state index contributed by atoms with van der Waals surface area (Å²) in [7, 11) is -0.823. The number of hydrogen-bond donors (Lipinski definition) is 0. The normalized spacial score (nSPS) is 14.6. The van der Waals surface area contributed by atoms with Gasteiger partial charge in [0.05, 0.1) is 91.2 Å². The largest absolute Gasteiger partial charge is 0.494 e. The SMILES string of the molecule is Brc1cccc(-c2cnc3c4ccccc4c4ccccc4c3n2)c1.C.C.C.CC1(C)OB(c2ccc3oc4ccc(B5OC(C)(C)C(C)(C)O5)cc4c3c2)OC1(C)C.c1cc(-c2ccc3oc4ccc(-c5cccc(-c6cnc7c8ccccc8c8ccccc8c7n6)c5)cc4c3c2)cc(-c2cnc3c4ccccc4c4ccccc4c3n2)c1. The molecule has 5 aromatic heterocycles. The Morgan fingerprint density at radius 3 is 0.792 bits per heavy atom. The van der Waals surface area contributed by atoms with E-state index < -0.39 is 14.2 Å². The molecule has 0 unspecified atom stereocenters. The molecule has 2 saturated heterocycles. The van der Waals surface area contributed by atoms with Crippen LogP contribution in [-0.2, 0) is 18.6 Å². The molecule has 586 valence electrons. The Balaban J connectivity index is 0.000000140. The molecule has 2 fully saturated rings. The fourth-order valence-electron chi connectivity index (χ4n) is 16.9. The van der Waals surface area contributed by atoms with Gasteiger partial charge in [0.15, 0.2) is 0 Å². The van der Waals surface area contributed by atoms with Crippen molar-refractivity contribution in [2.75, 3.05) is 0 Å². The van der Waals surface area contributed by atoms with Crippen LogP contribution >= 0.6 is 15.9 Å². The molecular weight excluding hydrogens is 1540 g/mol. The summed E-state index contributed by atoms with van der Waals surface area (Å²) in [5.74, 6) is 0. The first-order chi connectivity index (χ1) is 56.8. The Labute approximate surface area is 705 Å². The fraction of sp³-hybridized carbons (Fsp3) is 0.143. The zero-order valence-electron chi connectivity index (χ0n) is 65.6. The molecule has 0 N–H and O–H groups in total. The number of halogens is 1. The number of furan rings is 2. The van der Waals surface area contributed by atoms with Crippen molar-refractivity contribution in [3.63, 3.8) is 0 Å². The molecule has 120 heavy (non-hydrogen) atoms. The molecule has 15 heteroatoms. The third kappa shape index (κ3) is 13.4. The standard InChI is InChI=1S/C56H32N4O.C24H30B2O5.C22H13BrN2.3CH4/c1-5-19-43-39(15-1)41-17-3-7-21-45(41)55-53(43)57-31-49(59-55)37-13-9-11-33(27-37)35-23-25-51-47(29-35)48-30-36(24-26-52(48)61-51)34-12-10-14-38(28-34)50-32-58-54-44-20-6-2-16-40(44)42-18-4-8-22-46(42)56(54)60-50;1-21(2)22(3,4)29-25(28-21)15-9-11-19-17(13-15)18-14-16(10-12-20(18)27-19)26-30-23(5,6)24(7,8)31-26;23-15-7-5-6-14(12-15)20-13-24-21-18-10-3-1-8-16(18)17-9-2-4-11-19(17)22(21)25-20;;;/h1-32H;9-14H,1-8H3;1-13H;3*1H4. The molecule has 0 bridgehead atoms. The molecule has 23 rings (SSSR count). The van der Waals surface area contributed by atoms with Gasteiger partial charge in [0, 0.05) is 75.0 Å². The van der Waals surface area contributed by atoms with E-state index in [1.54, 1.807) is 0 Å². The molecule has 16 aromatic carbocycles. The minimum atomic E-state index is -0.411. The topological polar surface area (TPSA) is 141 Å².